The van der Waals surface area contributed by atoms with Crippen molar-refractivity contribution in [2.24, 2.45) is 0 Å². The standard InChI is InChI=1S/C9H12BrN3/c1-13(7-3-2-4-7)9-5-8(10)11-6-12-9/h5-7H,2-4H2,1H3. The van der Waals surface area contributed by atoms with E-state index >= 15 is 0 Å². The van der Waals surface area contributed by atoms with E-state index in [0.717, 1.165) is 10.4 Å². The van der Waals surface area contributed by atoms with E-state index in [4.69, 9.17) is 0 Å². The molecule has 0 N–H and O–H groups in total. The summed E-state index contributed by atoms with van der Waals surface area (Å²) in [4.78, 5) is 10.5. The fraction of sp³-hybridized carbons (Fsp3) is 0.556. The highest BCUT2D eigenvalue weighted by atomic mass is 79.9. The highest BCUT2D eigenvalue weighted by molar-refractivity contribution is 9.10. The Morgan fingerprint density at radius 3 is 2.77 bits per heavy atom. The van der Waals surface area contributed by atoms with Crippen LogP contribution in [0.15, 0.2) is 17.0 Å². The van der Waals surface area contributed by atoms with Gasteiger partial charge in [0, 0.05) is 19.2 Å². The summed E-state index contributed by atoms with van der Waals surface area (Å²) in [7, 11) is 2.10. The monoisotopic (exact) mass is 241 g/mol. The summed E-state index contributed by atoms with van der Waals surface area (Å²) in [6.07, 6.45) is 5.52. The van der Waals surface area contributed by atoms with Crippen molar-refractivity contribution in [3.05, 3.63) is 17.0 Å². The molecule has 1 aromatic rings. The number of nitrogens with zero attached hydrogens (tertiary/aromatic N) is 3. The van der Waals surface area contributed by atoms with E-state index in [9.17, 15) is 0 Å². The van der Waals surface area contributed by atoms with Crippen LogP contribution in [0.3, 0.4) is 0 Å². The fourth-order valence-electron chi connectivity index (χ4n) is 1.48. The number of anilines is 1. The Kier molecular flexibility index (Phi) is 2.49. The number of rotatable bonds is 2. The predicted octanol–water partition coefficient (Wildman–Crippen LogP) is 2.23. The Morgan fingerprint density at radius 1 is 1.46 bits per heavy atom. The van der Waals surface area contributed by atoms with Gasteiger partial charge in [0.05, 0.1) is 0 Å². The lowest BCUT2D eigenvalue weighted by atomic mass is 9.92. The van der Waals surface area contributed by atoms with Gasteiger partial charge in [-0.3, -0.25) is 0 Å². The van der Waals surface area contributed by atoms with E-state index in [-0.39, 0.29) is 0 Å². The molecule has 0 unspecified atom stereocenters. The fourth-order valence-corrected chi connectivity index (χ4v) is 1.77. The van der Waals surface area contributed by atoms with Crippen LogP contribution in [0.4, 0.5) is 5.82 Å². The molecule has 0 radical (unpaired) electrons. The first-order chi connectivity index (χ1) is 6.27. The summed E-state index contributed by atoms with van der Waals surface area (Å²) >= 11 is 3.34. The average Bonchev–Trinajstić information content (AvgIpc) is 2.01. The van der Waals surface area contributed by atoms with Crippen LogP contribution in [0.1, 0.15) is 19.3 Å². The quantitative estimate of drug-likeness (QED) is 0.744. The zero-order valence-corrected chi connectivity index (χ0v) is 9.16. The lowest BCUT2D eigenvalue weighted by Gasteiger charge is -2.35. The van der Waals surface area contributed by atoms with Gasteiger partial charge in [-0.2, -0.15) is 0 Å². The molecule has 1 fully saturated rings. The molecule has 0 aliphatic heterocycles. The van der Waals surface area contributed by atoms with Crippen molar-refractivity contribution in [2.75, 3.05) is 11.9 Å². The molecule has 1 aromatic heterocycles. The average molecular weight is 242 g/mol. The van der Waals surface area contributed by atoms with Gasteiger partial charge in [-0.25, -0.2) is 9.97 Å². The van der Waals surface area contributed by atoms with Crippen LogP contribution in [0.5, 0.6) is 0 Å². The van der Waals surface area contributed by atoms with Gasteiger partial charge in [0.15, 0.2) is 0 Å². The number of hydrogen-bond donors (Lipinski definition) is 0. The molecule has 70 valence electrons. The Morgan fingerprint density at radius 2 is 2.23 bits per heavy atom. The summed E-state index contributed by atoms with van der Waals surface area (Å²) in [5.74, 6) is 1.01. The van der Waals surface area contributed by atoms with Crippen molar-refractivity contribution < 1.29 is 0 Å². The molecule has 1 aliphatic carbocycles. The van der Waals surface area contributed by atoms with E-state index < -0.39 is 0 Å². The smallest absolute Gasteiger partial charge is 0.133 e. The number of hydrogen-bond acceptors (Lipinski definition) is 3. The van der Waals surface area contributed by atoms with E-state index in [0.29, 0.717) is 6.04 Å². The Bertz CT molecular complexity index is 299. The molecule has 0 aromatic carbocycles. The van der Waals surface area contributed by atoms with E-state index in [1.807, 2.05) is 6.07 Å². The lowest BCUT2D eigenvalue weighted by Crippen LogP contribution is -2.37. The molecule has 13 heavy (non-hydrogen) atoms. The highest BCUT2D eigenvalue weighted by Crippen LogP contribution is 2.27. The van der Waals surface area contributed by atoms with Crippen LogP contribution in [-0.2, 0) is 0 Å². The molecule has 3 nitrogen and oxygen atoms in total. The minimum Gasteiger partial charge on any atom is -0.357 e. The van der Waals surface area contributed by atoms with E-state index in [1.54, 1.807) is 6.33 Å². The number of halogens is 1. The molecule has 0 bridgehead atoms. The van der Waals surface area contributed by atoms with Gasteiger partial charge in [-0.15, -0.1) is 0 Å². The van der Waals surface area contributed by atoms with Crippen molar-refractivity contribution >= 4 is 21.7 Å². The molecule has 2 rings (SSSR count). The summed E-state index contributed by atoms with van der Waals surface area (Å²) < 4.78 is 0.851. The third-order valence-corrected chi connectivity index (χ3v) is 3.04. The van der Waals surface area contributed by atoms with Gasteiger partial charge in [-0.05, 0) is 35.2 Å². The SMILES string of the molecule is CN(c1cc(Br)ncn1)C1CCC1. The van der Waals surface area contributed by atoms with Crippen molar-refractivity contribution in [3.63, 3.8) is 0 Å². The summed E-state index contributed by atoms with van der Waals surface area (Å²) in [5, 5.41) is 0. The maximum Gasteiger partial charge on any atom is 0.133 e. The normalized spacial score (nSPS) is 16.8. The summed E-state index contributed by atoms with van der Waals surface area (Å²) in [6, 6.07) is 2.64. The first-order valence-electron chi connectivity index (χ1n) is 4.48. The Labute approximate surface area is 86.3 Å². The van der Waals surface area contributed by atoms with Crippen molar-refractivity contribution in [2.45, 2.75) is 25.3 Å². The first kappa shape index (κ1) is 8.94. The van der Waals surface area contributed by atoms with Gasteiger partial charge in [0.25, 0.3) is 0 Å². The minimum absolute atomic E-state index is 0.682. The van der Waals surface area contributed by atoms with Crippen molar-refractivity contribution in [3.8, 4) is 0 Å². The topological polar surface area (TPSA) is 29.0 Å². The van der Waals surface area contributed by atoms with Crippen LogP contribution in [0, 0.1) is 0 Å². The minimum atomic E-state index is 0.682. The molecule has 1 saturated carbocycles. The molecule has 0 amide bonds. The largest absolute Gasteiger partial charge is 0.357 e. The van der Waals surface area contributed by atoms with Crippen molar-refractivity contribution in [1.29, 1.82) is 0 Å². The Balaban J connectivity index is 2.14. The zero-order chi connectivity index (χ0) is 9.26. The predicted molar refractivity (Wildman–Crippen MR) is 55.8 cm³/mol. The molecule has 4 heteroatoms. The van der Waals surface area contributed by atoms with E-state index in [1.165, 1.54) is 19.3 Å². The molecule has 0 spiro atoms. The van der Waals surface area contributed by atoms with Crippen molar-refractivity contribution in [1.82, 2.24) is 9.97 Å². The second kappa shape index (κ2) is 3.62. The Hall–Kier alpha value is -0.640. The summed E-state index contributed by atoms with van der Waals surface area (Å²) in [5.41, 5.74) is 0. The number of aromatic nitrogens is 2. The van der Waals surface area contributed by atoms with Crippen LogP contribution in [0.2, 0.25) is 0 Å². The second-order valence-corrected chi connectivity index (χ2v) is 4.21. The van der Waals surface area contributed by atoms with Gasteiger partial charge in [0.2, 0.25) is 0 Å². The molecule has 0 saturated heterocycles. The molecule has 1 aliphatic rings. The van der Waals surface area contributed by atoms with Gasteiger partial charge >= 0.3 is 0 Å². The molecular weight excluding hydrogens is 230 g/mol. The third-order valence-electron chi connectivity index (χ3n) is 2.60. The van der Waals surface area contributed by atoms with Crippen LogP contribution in [-0.4, -0.2) is 23.1 Å². The summed E-state index contributed by atoms with van der Waals surface area (Å²) in [6.45, 7) is 0. The van der Waals surface area contributed by atoms with E-state index in [2.05, 4.69) is 37.8 Å². The second-order valence-electron chi connectivity index (χ2n) is 3.39. The van der Waals surface area contributed by atoms with Crippen LogP contribution < -0.4 is 4.90 Å². The molecule has 1 heterocycles. The third kappa shape index (κ3) is 1.82. The van der Waals surface area contributed by atoms with Crippen LogP contribution >= 0.6 is 15.9 Å². The van der Waals surface area contributed by atoms with Gasteiger partial charge < -0.3 is 4.90 Å². The lowest BCUT2D eigenvalue weighted by molar-refractivity contribution is 0.399. The zero-order valence-electron chi connectivity index (χ0n) is 7.57. The first-order valence-corrected chi connectivity index (χ1v) is 5.27. The van der Waals surface area contributed by atoms with Crippen LogP contribution in [0.25, 0.3) is 0 Å². The van der Waals surface area contributed by atoms with Gasteiger partial charge in [0.1, 0.15) is 16.7 Å². The molecular formula is C9H12BrN3. The maximum atomic E-state index is 4.23. The maximum absolute atomic E-state index is 4.23. The van der Waals surface area contributed by atoms with Gasteiger partial charge in [-0.1, -0.05) is 0 Å². The molecule has 0 atom stereocenters. The highest BCUT2D eigenvalue weighted by Gasteiger charge is 2.22.